The summed E-state index contributed by atoms with van der Waals surface area (Å²) in [5.74, 6) is -0.363. The lowest BCUT2D eigenvalue weighted by atomic mass is 10.0. The maximum atomic E-state index is 12.6. The molecule has 130 valence electrons. The van der Waals surface area contributed by atoms with Crippen LogP contribution in [0.5, 0.6) is 0 Å². The van der Waals surface area contributed by atoms with Crippen molar-refractivity contribution in [2.45, 2.75) is 0 Å². The van der Waals surface area contributed by atoms with E-state index in [9.17, 15) is 4.79 Å². The number of nitrogens with two attached hydrogens (primary N) is 1. The molecule has 3 rings (SSSR count). The zero-order valence-electron chi connectivity index (χ0n) is 13.7. The normalized spacial score (nSPS) is 11.2. The van der Waals surface area contributed by atoms with E-state index in [4.69, 9.17) is 10.9 Å². The second kappa shape index (κ2) is 7.84. The summed E-state index contributed by atoms with van der Waals surface area (Å²) in [6.07, 6.45) is 0. The summed E-state index contributed by atoms with van der Waals surface area (Å²) in [5, 5.41) is 14.9. The Morgan fingerprint density at radius 2 is 1.73 bits per heavy atom. The topological polar surface area (TPSA) is 87.7 Å². The third-order valence-electron chi connectivity index (χ3n) is 3.85. The van der Waals surface area contributed by atoms with Crippen molar-refractivity contribution in [2.24, 2.45) is 10.9 Å². The van der Waals surface area contributed by atoms with Gasteiger partial charge in [0.25, 0.3) is 5.91 Å². The number of nitrogens with one attached hydrogen (secondary N) is 1. The van der Waals surface area contributed by atoms with Crippen LogP contribution < -0.4 is 11.1 Å². The number of nitrogens with zero attached hydrogens (tertiary/aromatic N) is 1. The highest BCUT2D eigenvalue weighted by Crippen LogP contribution is 2.26. The molecule has 0 saturated carbocycles. The van der Waals surface area contributed by atoms with E-state index in [-0.39, 0.29) is 11.7 Å². The van der Waals surface area contributed by atoms with Crippen molar-refractivity contribution >= 4 is 33.4 Å². The van der Waals surface area contributed by atoms with E-state index >= 15 is 0 Å². The zero-order chi connectivity index (χ0) is 18.5. The van der Waals surface area contributed by atoms with Crippen molar-refractivity contribution in [3.05, 3.63) is 88.4 Å². The van der Waals surface area contributed by atoms with Crippen LogP contribution in [0.4, 0.5) is 5.69 Å². The number of anilines is 1. The van der Waals surface area contributed by atoms with Gasteiger partial charge in [0.05, 0.1) is 5.69 Å². The first-order valence-corrected chi connectivity index (χ1v) is 8.62. The number of hydrogen-bond acceptors (Lipinski definition) is 3. The molecule has 0 radical (unpaired) electrons. The van der Waals surface area contributed by atoms with E-state index in [0.29, 0.717) is 16.8 Å². The second-order valence-corrected chi connectivity index (χ2v) is 6.49. The maximum Gasteiger partial charge on any atom is 0.255 e. The molecule has 1 amide bonds. The Bertz CT molecular complexity index is 972. The molecule has 6 heteroatoms. The molecule has 0 aliphatic rings. The number of amides is 1. The van der Waals surface area contributed by atoms with E-state index in [2.05, 4.69) is 26.4 Å². The molecule has 0 heterocycles. The van der Waals surface area contributed by atoms with Crippen LogP contribution in [0.1, 0.15) is 15.9 Å². The first-order chi connectivity index (χ1) is 12.6. The van der Waals surface area contributed by atoms with Gasteiger partial charge in [-0.15, -0.1) is 0 Å². The Kier molecular flexibility index (Phi) is 5.34. The number of carbonyl (C=O) groups is 1. The molecule has 0 aliphatic heterocycles. The van der Waals surface area contributed by atoms with Gasteiger partial charge >= 0.3 is 0 Å². The van der Waals surface area contributed by atoms with Crippen molar-refractivity contribution in [3.8, 4) is 11.1 Å². The molecule has 0 aliphatic carbocycles. The van der Waals surface area contributed by atoms with E-state index < -0.39 is 0 Å². The number of hydrogen-bond donors (Lipinski definition) is 3. The summed E-state index contributed by atoms with van der Waals surface area (Å²) in [4.78, 5) is 12.6. The van der Waals surface area contributed by atoms with Gasteiger partial charge in [-0.05, 0) is 41.5 Å². The minimum absolute atomic E-state index is 0.0749. The molecule has 3 aromatic carbocycles. The number of halogens is 1. The Hall–Kier alpha value is -3.12. The van der Waals surface area contributed by atoms with Crippen molar-refractivity contribution in [1.82, 2.24) is 0 Å². The minimum Gasteiger partial charge on any atom is -0.409 e. The predicted octanol–water partition coefficient (Wildman–Crippen LogP) is 4.46. The summed E-state index contributed by atoms with van der Waals surface area (Å²) in [5.41, 5.74) is 9.07. The zero-order valence-corrected chi connectivity index (χ0v) is 15.3. The lowest BCUT2D eigenvalue weighted by Gasteiger charge is -2.13. The third-order valence-corrected chi connectivity index (χ3v) is 4.34. The van der Waals surface area contributed by atoms with Crippen LogP contribution in [-0.4, -0.2) is 17.0 Å². The fourth-order valence-electron chi connectivity index (χ4n) is 2.56. The Labute approximate surface area is 159 Å². The van der Waals surface area contributed by atoms with Gasteiger partial charge in [-0.3, -0.25) is 4.79 Å². The fourth-order valence-corrected chi connectivity index (χ4v) is 2.96. The van der Waals surface area contributed by atoms with Crippen LogP contribution in [0.3, 0.4) is 0 Å². The molecule has 0 spiro atoms. The van der Waals surface area contributed by atoms with Crippen LogP contribution in [-0.2, 0) is 0 Å². The summed E-state index contributed by atoms with van der Waals surface area (Å²) >= 11 is 3.35. The average molecular weight is 410 g/mol. The Balaban J connectivity index is 2.01. The summed E-state index contributed by atoms with van der Waals surface area (Å²) in [6, 6.07) is 22.2. The van der Waals surface area contributed by atoms with Crippen LogP contribution >= 0.6 is 15.9 Å². The molecular formula is C20H16BrN3O2. The smallest absolute Gasteiger partial charge is 0.255 e. The molecule has 0 unspecified atom stereocenters. The molecular weight excluding hydrogens is 394 g/mol. The highest BCUT2D eigenvalue weighted by Gasteiger charge is 2.13. The summed E-state index contributed by atoms with van der Waals surface area (Å²) < 4.78 is 0.805. The van der Waals surface area contributed by atoms with Gasteiger partial charge in [-0.2, -0.15) is 0 Å². The first kappa shape index (κ1) is 17.7. The van der Waals surface area contributed by atoms with Gasteiger partial charge in [0.15, 0.2) is 5.84 Å². The van der Waals surface area contributed by atoms with Crippen molar-refractivity contribution < 1.29 is 10.0 Å². The number of rotatable bonds is 4. The molecule has 26 heavy (non-hydrogen) atoms. The lowest BCUT2D eigenvalue weighted by molar-refractivity contribution is 0.102. The van der Waals surface area contributed by atoms with Crippen molar-refractivity contribution in [1.29, 1.82) is 0 Å². The standard InChI is InChI=1S/C20H16BrN3O2/c21-16-8-4-7-15(11-16)20(25)23-18-12-14(13-5-2-1-3-6-13)9-10-17(18)19(22)24-26/h1-12,26H,(H2,22,24)(H,23,25). The van der Waals surface area contributed by atoms with Crippen LogP contribution in [0.15, 0.2) is 82.4 Å². The van der Waals surface area contributed by atoms with Crippen molar-refractivity contribution in [3.63, 3.8) is 0 Å². The van der Waals surface area contributed by atoms with E-state index in [1.807, 2.05) is 42.5 Å². The van der Waals surface area contributed by atoms with Gasteiger partial charge in [0, 0.05) is 15.6 Å². The summed E-state index contributed by atoms with van der Waals surface area (Å²) in [6.45, 7) is 0. The minimum atomic E-state index is -0.288. The van der Waals surface area contributed by atoms with E-state index in [0.717, 1.165) is 15.6 Å². The average Bonchev–Trinajstić information content (AvgIpc) is 2.68. The predicted molar refractivity (Wildman–Crippen MR) is 106 cm³/mol. The van der Waals surface area contributed by atoms with E-state index in [1.54, 1.807) is 30.3 Å². The SMILES string of the molecule is N/C(=N\O)c1ccc(-c2ccccc2)cc1NC(=O)c1cccc(Br)c1. The highest BCUT2D eigenvalue weighted by molar-refractivity contribution is 9.10. The fraction of sp³-hybridized carbons (Fsp3) is 0. The number of benzene rings is 3. The largest absolute Gasteiger partial charge is 0.409 e. The molecule has 5 nitrogen and oxygen atoms in total. The number of oxime groups is 1. The van der Waals surface area contributed by atoms with Crippen LogP contribution in [0.2, 0.25) is 0 Å². The molecule has 0 atom stereocenters. The molecule has 0 saturated heterocycles. The van der Waals surface area contributed by atoms with Crippen LogP contribution in [0.25, 0.3) is 11.1 Å². The van der Waals surface area contributed by atoms with Crippen LogP contribution in [0, 0.1) is 0 Å². The number of carbonyl (C=O) groups excluding carboxylic acids is 1. The maximum absolute atomic E-state index is 12.6. The van der Waals surface area contributed by atoms with Crippen molar-refractivity contribution in [2.75, 3.05) is 5.32 Å². The highest BCUT2D eigenvalue weighted by atomic mass is 79.9. The second-order valence-electron chi connectivity index (χ2n) is 5.58. The first-order valence-electron chi connectivity index (χ1n) is 7.83. The van der Waals surface area contributed by atoms with E-state index in [1.165, 1.54) is 0 Å². The Morgan fingerprint density at radius 1 is 0.962 bits per heavy atom. The quantitative estimate of drug-likeness (QED) is 0.257. The molecule has 0 fully saturated rings. The monoisotopic (exact) mass is 409 g/mol. The third kappa shape index (κ3) is 3.92. The molecule has 0 aromatic heterocycles. The van der Waals surface area contributed by atoms with Gasteiger partial charge in [0.1, 0.15) is 0 Å². The molecule has 4 N–H and O–H groups in total. The van der Waals surface area contributed by atoms with Gasteiger partial charge in [-0.25, -0.2) is 0 Å². The van der Waals surface area contributed by atoms with Gasteiger partial charge < -0.3 is 16.3 Å². The van der Waals surface area contributed by atoms with Gasteiger partial charge in [0.2, 0.25) is 0 Å². The van der Waals surface area contributed by atoms with Gasteiger partial charge in [-0.1, -0.05) is 63.6 Å². The molecule has 3 aromatic rings. The molecule has 0 bridgehead atoms. The summed E-state index contributed by atoms with van der Waals surface area (Å²) in [7, 11) is 0. The Morgan fingerprint density at radius 3 is 2.42 bits per heavy atom. The lowest BCUT2D eigenvalue weighted by Crippen LogP contribution is -2.19. The number of amidine groups is 1.